The van der Waals surface area contributed by atoms with Gasteiger partial charge in [0.2, 0.25) is 15.9 Å². The average Bonchev–Trinajstić information content (AvgIpc) is 3.16. The Morgan fingerprint density at radius 2 is 1.89 bits per heavy atom. The minimum Gasteiger partial charge on any atom is -0.492 e. The van der Waals surface area contributed by atoms with Crippen LogP contribution in [0.25, 0.3) is 0 Å². The van der Waals surface area contributed by atoms with Gasteiger partial charge in [0.05, 0.1) is 6.61 Å². The molecule has 1 aliphatic rings. The molecule has 0 aromatic heterocycles. The number of nitrogens with two attached hydrogens (primary N) is 1. The Hall–Kier alpha value is -2.33. The van der Waals surface area contributed by atoms with E-state index in [9.17, 15) is 18.0 Å². The SMILES string of the molecule is CCOc1ccc(NC(=O)[C@H](NC(N)=O)C(C)C)cc1S(=O)(=O)N1CCCC1. The molecular formula is C18H28N4O5S. The van der Waals surface area contributed by atoms with Gasteiger partial charge in [0, 0.05) is 18.8 Å². The third-order valence-electron chi connectivity index (χ3n) is 4.44. The summed E-state index contributed by atoms with van der Waals surface area (Å²) in [4.78, 5) is 23.7. The van der Waals surface area contributed by atoms with E-state index in [-0.39, 0.29) is 16.6 Å². The number of amides is 3. The van der Waals surface area contributed by atoms with E-state index in [1.54, 1.807) is 26.8 Å². The van der Waals surface area contributed by atoms with Gasteiger partial charge in [0.25, 0.3) is 0 Å². The van der Waals surface area contributed by atoms with Gasteiger partial charge in [-0.2, -0.15) is 4.31 Å². The van der Waals surface area contributed by atoms with E-state index in [0.717, 1.165) is 12.8 Å². The van der Waals surface area contributed by atoms with Crippen LogP contribution >= 0.6 is 0 Å². The Morgan fingerprint density at radius 1 is 1.25 bits per heavy atom. The number of carbonyl (C=O) groups excluding carboxylic acids is 2. The Morgan fingerprint density at radius 3 is 2.43 bits per heavy atom. The third kappa shape index (κ3) is 5.14. The number of hydrogen-bond donors (Lipinski definition) is 3. The number of hydrogen-bond acceptors (Lipinski definition) is 5. The highest BCUT2D eigenvalue weighted by molar-refractivity contribution is 7.89. The molecule has 9 nitrogen and oxygen atoms in total. The van der Waals surface area contributed by atoms with E-state index in [1.807, 2.05) is 0 Å². The van der Waals surface area contributed by atoms with Gasteiger partial charge in [-0.25, -0.2) is 13.2 Å². The molecule has 10 heteroatoms. The summed E-state index contributed by atoms with van der Waals surface area (Å²) < 4.78 is 32.9. The standard InChI is InChI=1S/C18H28N4O5S/c1-4-27-14-8-7-13(20-17(23)16(12(2)3)21-18(19)24)11-15(14)28(25,26)22-9-5-6-10-22/h7-8,11-12,16H,4-6,9-10H2,1-3H3,(H,20,23)(H3,19,21,24)/t16-/m1/s1. The molecule has 0 saturated carbocycles. The van der Waals surface area contributed by atoms with Crippen LogP contribution in [0.15, 0.2) is 23.1 Å². The molecule has 0 spiro atoms. The van der Waals surface area contributed by atoms with Crippen LogP contribution in [0.3, 0.4) is 0 Å². The lowest BCUT2D eigenvalue weighted by atomic mass is 10.0. The van der Waals surface area contributed by atoms with Crippen LogP contribution in [0, 0.1) is 5.92 Å². The van der Waals surface area contributed by atoms with E-state index >= 15 is 0 Å². The first-order chi connectivity index (χ1) is 13.2. The van der Waals surface area contributed by atoms with Gasteiger partial charge in [0.15, 0.2) is 0 Å². The number of rotatable bonds is 8. The van der Waals surface area contributed by atoms with Crippen LogP contribution < -0.4 is 21.1 Å². The van der Waals surface area contributed by atoms with Crippen molar-refractivity contribution in [2.45, 2.75) is 44.6 Å². The Labute approximate surface area is 165 Å². The lowest BCUT2D eigenvalue weighted by Gasteiger charge is -2.22. The number of carbonyl (C=O) groups is 2. The number of anilines is 1. The summed E-state index contributed by atoms with van der Waals surface area (Å²) in [5, 5.41) is 5.05. The summed E-state index contributed by atoms with van der Waals surface area (Å²) in [6.45, 7) is 6.53. The van der Waals surface area contributed by atoms with Crippen molar-refractivity contribution in [1.29, 1.82) is 0 Å². The first kappa shape index (κ1) is 22.0. The highest BCUT2D eigenvalue weighted by Gasteiger charge is 2.31. The zero-order valence-electron chi connectivity index (χ0n) is 16.4. The highest BCUT2D eigenvalue weighted by Crippen LogP contribution is 2.31. The fraction of sp³-hybridized carbons (Fsp3) is 0.556. The van der Waals surface area contributed by atoms with Gasteiger partial charge in [-0.3, -0.25) is 4.79 Å². The predicted molar refractivity (Wildman–Crippen MR) is 106 cm³/mol. The van der Waals surface area contributed by atoms with E-state index in [0.29, 0.717) is 25.4 Å². The normalized spacial score (nSPS) is 16.0. The Balaban J connectivity index is 2.33. The maximum atomic E-state index is 13.0. The van der Waals surface area contributed by atoms with Gasteiger partial charge < -0.3 is 21.1 Å². The summed E-state index contributed by atoms with van der Waals surface area (Å²) in [6.07, 6.45) is 1.63. The molecule has 0 unspecified atom stereocenters. The van der Waals surface area contributed by atoms with Crippen molar-refractivity contribution < 1.29 is 22.7 Å². The van der Waals surface area contributed by atoms with Crippen LogP contribution in [0.5, 0.6) is 5.75 Å². The van der Waals surface area contributed by atoms with Crippen molar-refractivity contribution in [3.05, 3.63) is 18.2 Å². The van der Waals surface area contributed by atoms with Crippen molar-refractivity contribution in [3.8, 4) is 5.75 Å². The van der Waals surface area contributed by atoms with Gasteiger partial charge in [0.1, 0.15) is 16.7 Å². The van der Waals surface area contributed by atoms with Crippen molar-refractivity contribution >= 4 is 27.6 Å². The van der Waals surface area contributed by atoms with Crippen molar-refractivity contribution in [2.75, 3.05) is 25.0 Å². The Bertz CT molecular complexity index is 819. The first-order valence-electron chi connectivity index (χ1n) is 9.30. The monoisotopic (exact) mass is 412 g/mol. The topological polar surface area (TPSA) is 131 Å². The van der Waals surface area contributed by atoms with Crippen LogP contribution in [0.1, 0.15) is 33.6 Å². The molecule has 3 amide bonds. The molecule has 1 saturated heterocycles. The van der Waals surface area contributed by atoms with Gasteiger partial charge in [-0.05, 0) is 43.9 Å². The van der Waals surface area contributed by atoms with Crippen molar-refractivity contribution in [3.63, 3.8) is 0 Å². The summed E-state index contributed by atoms with van der Waals surface area (Å²) >= 11 is 0. The Kier molecular flexibility index (Phi) is 7.25. The molecule has 28 heavy (non-hydrogen) atoms. The molecule has 0 aliphatic carbocycles. The van der Waals surface area contributed by atoms with Gasteiger partial charge in [-0.1, -0.05) is 13.8 Å². The molecule has 1 aromatic rings. The quantitative estimate of drug-likeness (QED) is 0.595. The second-order valence-corrected chi connectivity index (χ2v) is 8.83. The molecule has 1 fully saturated rings. The molecule has 0 bridgehead atoms. The molecule has 0 radical (unpaired) electrons. The first-order valence-corrected chi connectivity index (χ1v) is 10.7. The summed E-state index contributed by atoms with van der Waals surface area (Å²) in [7, 11) is -3.74. The van der Waals surface area contributed by atoms with Crippen molar-refractivity contribution in [1.82, 2.24) is 9.62 Å². The van der Waals surface area contributed by atoms with E-state index in [2.05, 4.69) is 10.6 Å². The van der Waals surface area contributed by atoms with E-state index < -0.39 is 28.0 Å². The highest BCUT2D eigenvalue weighted by atomic mass is 32.2. The van der Waals surface area contributed by atoms with Crippen molar-refractivity contribution in [2.24, 2.45) is 11.7 Å². The number of ether oxygens (including phenoxy) is 1. The zero-order valence-corrected chi connectivity index (χ0v) is 17.2. The van der Waals surface area contributed by atoms with Crippen LogP contribution in [0.4, 0.5) is 10.5 Å². The van der Waals surface area contributed by atoms with E-state index in [1.165, 1.54) is 16.4 Å². The number of nitrogens with zero attached hydrogens (tertiary/aromatic N) is 1. The summed E-state index contributed by atoms with van der Waals surface area (Å²) in [5.41, 5.74) is 5.43. The molecular weight excluding hydrogens is 384 g/mol. The van der Waals surface area contributed by atoms with Gasteiger partial charge in [-0.15, -0.1) is 0 Å². The number of sulfonamides is 1. The van der Waals surface area contributed by atoms with Crippen LogP contribution in [-0.2, 0) is 14.8 Å². The molecule has 2 rings (SSSR count). The lowest BCUT2D eigenvalue weighted by molar-refractivity contribution is -0.118. The molecule has 1 aromatic carbocycles. The minimum atomic E-state index is -3.74. The smallest absolute Gasteiger partial charge is 0.312 e. The zero-order chi connectivity index (χ0) is 20.9. The molecule has 1 atom stereocenters. The number of benzene rings is 1. The molecule has 1 heterocycles. The van der Waals surface area contributed by atoms with Crippen LogP contribution in [0.2, 0.25) is 0 Å². The lowest BCUT2D eigenvalue weighted by Crippen LogP contribution is -2.49. The number of nitrogens with one attached hydrogen (secondary N) is 2. The third-order valence-corrected chi connectivity index (χ3v) is 6.36. The minimum absolute atomic E-state index is 0.0120. The van der Waals surface area contributed by atoms with Crippen LogP contribution in [-0.4, -0.2) is 50.4 Å². The fourth-order valence-electron chi connectivity index (χ4n) is 3.04. The number of primary amides is 1. The molecule has 4 N–H and O–H groups in total. The second kappa shape index (κ2) is 9.24. The maximum Gasteiger partial charge on any atom is 0.312 e. The predicted octanol–water partition coefficient (Wildman–Crippen LogP) is 1.50. The molecule has 1 aliphatic heterocycles. The summed E-state index contributed by atoms with van der Waals surface area (Å²) in [6, 6.07) is 2.82. The summed E-state index contributed by atoms with van der Waals surface area (Å²) in [5.74, 6) is -0.450. The van der Waals surface area contributed by atoms with E-state index in [4.69, 9.17) is 10.5 Å². The average molecular weight is 413 g/mol. The second-order valence-electron chi connectivity index (χ2n) is 6.93. The maximum absolute atomic E-state index is 13.0. The largest absolute Gasteiger partial charge is 0.492 e. The number of urea groups is 1. The van der Waals surface area contributed by atoms with Gasteiger partial charge >= 0.3 is 6.03 Å². The fourth-order valence-corrected chi connectivity index (χ4v) is 4.71. The molecule has 156 valence electrons.